The Balaban J connectivity index is 1.31. The van der Waals surface area contributed by atoms with Crippen LogP contribution >= 0.6 is 0 Å². The van der Waals surface area contributed by atoms with Crippen molar-refractivity contribution in [2.45, 2.75) is 57.3 Å². The molecule has 0 atom stereocenters. The number of aryl methyl sites for hydroxylation is 2. The van der Waals surface area contributed by atoms with Gasteiger partial charge < -0.3 is 14.7 Å². The topological polar surface area (TPSA) is 81.2 Å². The summed E-state index contributed by atoms with van der Waals surface area (Å²) in [4.78, 5) is 31.5. The zero-order chi connectivity index (χ0) is 24.3. The zero-order valence-corrected chi connectivity index (χ0v) is 21.4. The number of nitrogens with zero attached hydrogens (tertiary/aromatic N) is 4. The van der Waals surface area contributed by atoms with Crippen molar-refractivity contribution in [1.82, 2.24) is 19.0 Å². The summed E-state index contributed by atoms with van der Waals surface area (Å²) in [5.74, 6) is 0.00493. The first-order valence-corrected chi connectivity index (χ1v) is 14.2. The Hall–Kier alpha value is -2.13. The van der Waals surface area contributed by atoms with Gasteiger partial charge in [0, 0.05) is 58.3 Å². The monoisotopic (exact) mass is 490 g/mol. The van der Waals surface area contributed by atoms with Gasteiger partial charge in [0.1, 0.15) is 0 Å². The van der Waals surface area contributed by atoms with Crippen molar-refractivity contribution >= 4 is 22.0 Å². The van der Waals surface area contributed by atoms with Gasteiger partial charge in [-0.1, -0.05) is 6.07 Å². The second kappa shape index (κ2) is 10.6. The third-order valence-corrected chi connectivity index (χ3v) is 9.55. The molecular formula is C25H38N4O4S. The van der Waals surface area contributed by atoms with Crippen molar-refractivity contribution in [2.24, 2.45) is 5.92 Å². The number of piperidine rings is 1. The maximum atomic E-state index is 13.2. The Morgan fingerprint density at radius 2 is 1.50 bits per heavy atom. The van der Waals surface area contributed by atoms with Gasteiger partial charge in [0.25, 0.3) is 0 Å². The Labute approximate surface area is 203 Å². The lowest BCUT2D eigenvalue weighted by Crippen LogP contribution is -2.53. The van der Waals surface area contributed by atoms with Crippen LogP contribution in [0.25, 0.3) is 0 Å². The molecule has 2 heterocycles. The van der Waals surface area contributed by atoms with Crippen molar-refractivity contribution in [2.75, 3.05) is 52.4 Å². The van der Waals surface area contributed by atoms with Gasteiger partial charge in [0.15, 0.2) is 0 Å². The fraction of sp³-hybridized carbons (Fsp3) is 0.680. The van der Waals surface area contributed by atoms with Crippen LogP contribution in [0.2, 0.25) is 0 Å². The van der Waals surface area contributed by atoms with Gasteiger partial charge in [-0.15, -0.1) is 0 Å². The summed E-state index contributed by atoms with van der Waals surface area (Å²) in [7, 11) is -3.55. The minimum Gasteiger partial charge on any atom is -0.340 e. The van der Waals surface area contributed by atoms with E-state index < -0.39 is 10.0 Å². The summed E-state index contributed by atoms with van der Waals surface area (Å²) in [5, 5.41) is 0. The lowest BCUT2D eigenvalue weighted by atomic mass is 9.92. The molecule has 2 saturated heterocycles. The predicted molar refractivity (Wildman–Crippen MR) is 131 cm³/mol. The predicted octanol–water partition coefficient (Wildman–Crippen LogP) is 2.57. The first-order valence-electron chi connectivity index (χ1n) is 12.8. The summed E-state index contributed by atoms with van der Waals surface area (Å²) in [6.07, 6.45) is 5.58. The van der Waals surface area contributed by atoms with Crippen LogP contribution in [0.3, 0.4) is 0 Å². The van der Waals surface area contributed by atoms with Gasteiger partial charge in [-0.3, -0.25) is 4.79 Å². The molecule has 0 spiro atoms. The van der Waals surface area contributed by atoms with Gasteiger partial charge in [-0.25, -0.2) is 13.2 Å². The van der Waals surface area contributed by atoms with Crippen LogP contribution in [0, 0.1) is 5.92 Å². The van der Waals surface area contributed by atoms with Crippen LogP contribution in [0.15, 0.2) is 23.1 Å². The largest absolute Gasteiger partial charge is 0.340 e. The van der Waals surface area contributed by atoms with E-state index in [1.54, 1.807) is 6.07 Å². The van der Waals surface area contributed by atoms with E-state index in [1.165, 1.54) is 16.3 Å². The molecule has 34 heavy (non-hydrogen) atoms. The first-order chi connectivity index (χ1) is 16.3. The number of sulfonamides is 1. The highest BCUT2D eigenvalue weighted by molar-refractivity contribution is 7.89. The Bertz CT molecular complexity index is 992. The number of carbonyl (C=O) groups is 2. The van der Waals surface area contributed by atoms with Crippen molar-refractivity contribution in [3.8, 4) is 0 Å². The molecule has 3 amide bonds. The van der Waals surface area contributed by atoms with Crippen LogP contribution in [0.5, 0.6) is 0 Å². The SMILES string of the molecule is CCN(CC)C(=O)N1CCC(C(=O)N2CCN(S(=O)(=O)c3ccc4c(c3)CCCC4)CC2)CC1. The van der Waals surface area contributed by atoms with Gasteiger partial charge in [-0.05, 0) is 75.6 Å². The van der Waals surface area contributed by atoms with Crippen molar-refractivity contribution < 1.29 is 18.0 Å². The standard InChI is InChI=1S/C25H38N4O4S/c1-3-26(4-2)25(31)28-13-11-21(12-14-28)24(30)27-15-17-29(18-16-27)34(32,33)23-10-9-20-7-5-6-8-22(20)19-23/h9-10,19,21H,3-8,11-18H2,1-2H3. The summed E-state index contributed by atoms with van der Waals surface area (Å²) >= 11 is 0. The average molecular weight is 491 g/mol. The first kappa shape index (κ1) is 25.0. The molecule has 9 heteroatoms. The molecule has 0 N–H and O–H groups in total. The molecule has 0 bridgehead atoms. The molecule has 1 aromatic carbocycles. The maximum absolute atomic E-state index is 13.2. The molecule has 2 fully saturated rings. The fourth-order valence-electron chi connectivity index (χ4n) is 5.44. The Morgan fingerprint density at radius 1 is 0.882 bits per heavy atom. The number of hydrogen-bond acceptors (Lipinski definition) is 4. The van der Waals surface area contributed by atoms with Gasteiger partial charge >= 0.3 is 6.03 Å². The second-order valence-electron chi connectivity index (χ2n) is 9.58. The summed E-state index contributed by atoms with van der Waals surface area (Å²) in [5.41, 5.74) is 2.43. The molecule has 0 radical (unpaired) electrons. The molecule has 1 aromatic rings. The number of rotatable bonds is 5. The summed E-state index contributed by atoms with van der Waals surface area (Å²) in [6, 6.07) is 5.62. The number of likely N-dealkylation sites (tertiary alicyclic amines) is 1. The summed E-state index contributed by atoms with van der Waals surface area (Å²) < 4.78 is 28.0. The number of fused-ring (bicyclic) bond motifs is 1. The van der Waals surface area contributed by atoms with E-state index in [2.05, 4.69) is 0 Å². The number of urea groups is 1. The number of hydrogen-bond donors (Lipinski definition) is 0. The third kappa shape index (κ3) is 5.10. The highest BCUT2D eigenvalue weighted by Crippen LogP contribution is 2.27. The van der Waals surface area contributed by atoms with Gasteiger partial charge in [-0.2, -0.15) is 4.31 Å². The minimum atomic E-state index is -3.55. The number of carbonyl (C=O) groups excluding carboxylic acids is 2. The number of benzene rings is 1. The number of amides is 3. The second-order valence-corrected chi connectivity index (χ2v) is 11.5. The van der Waals surface area contributed by atoms with Gasteiger partial charge in [0.05, 0.1) is 4.90 Å². The minimum absolute atomic E-state index is 0.0527. The Kier molecular flexibility index (Phi) is 7.82. The van der Waals surface area contributed by atoms with Crippen molar-refractivity contribution in [3.63, 3.8) is 0 Å². The lowest BCUT2D eigenvalue weighted by molar-refractivity contribution is -0.138. The molecule has 8 nitrogen and oxygen atoms in total. The van der Waals surface area contributed by atoms with E-state index in [4.69, 9.17) is 0 Å². The van der Waals surface area contributed by atoms with Crippen LogP contribution in [0.1, 0.15) is 50.7 Å². The average Bonchev–Trinajstić information content (AvgIpc) is 2.88. The van der Waals surface area contributed by atoms with E-state index in [9.17, 15) is 18.0 Å². The van der Waals surface area contributed by atoms with Crippen LogP contribution in [-0.4, -0.2) is 91.7 Å². The highest BCUT2D eigenvalue weighted by atomic mass is 32.2. The molecule has 2 aliphatic heterocycles. The molecule has 0 unspecified atom stereocenters. The quantitative estimate of drug-likeness (QED) is 0.635. The molecule has 4 rings (SSSR count). The maximum Gasteiger partial charge on any atom is 0.319 e. The summed E-state index contributed by atoms with van der Waals surface area (Å²) in [6.45, 7) is 8.00. The van der Waals surface area contributed by atoms with Crippen LogP contribution in [-0.2, 0) is 27.7 Å². The molecular weight excluding hydrogens is 452 g/mol. The normalized spacial score (nSPS) is 20.2. The van der Waals surface area contributed by atoms with E-state index in [-0.39, 0.29) is 17.9 Å². The van der Waals surface area contributed by atoms with Crippen molar-refractivity contribution in [1.29, 1.82) is 0 Å². The zero-order valence-electron chi connectivity index (χ0n) is 20.5. The molecule has 188 valence electrons. The molecule has 1 aliphatic carbocycles. The van der Waals surface area contributed by atoms with Crippen molar-refractivity contribution in [3.05, 3.63) is 29.3 Å². The van der Waals surface area contributed by atoms with E-state index in [0.717, 1.165) is 24.8 Å². The van der Waals surface area contributed by atoms with Gasteiger partial charge in [0.2, 0.25) is 15.9 Å². The van der Waals surface area contributed by atoms with Crippen LogP contribution < -0.4 is 0 Å². The highest BCUT2D eigenvalue weighted by Gasteiger charge is 2.35. The fourth-order valence-corrected chi connectivity index (χ4v) is 6.91. The molecule has 0 saturated carbocycles. The van der Waals surface area contributed by atoms with Crippen LogP contribution in [0.4, 0.5) is 4.79 Å². The van der Waals surface area contributed by atoms with E-state index in [0.29, 0.717) is 70.1 Å². The van der Waals surface area contributed by atoms with E-state index >= 15 is 0 Å². The number of piperazine rings is 1. The van der Waals surface area contributed by atoms with E-state index in [1.807, 2.05) is 40.7 Å². The molecule has 0 aromatic heterocycles. The Morgan fingerprint density at radius 3 is 2.12 bits per heavy atom. The third-order valence-electron chi connectivity index (χ3n) is 7.66. The lowest BCUT2D eigenvalue weighted by Gasteiger charge is -2.39. The molecule has 3 aliphatic rings. The smallest absolute Gasteiger partial charge is 0.319 e.